The minimum atomic E-state index is -4.32. The molecule has 1 saturated carbocycles. The fraction of sp³-hybridized carbons (Fsp3) is 0.571. The maximum Gasteiger partial charge on any atom is 0.416 e. The van der Waals surface area contributed by atoms with Crippen LogP contribution in [0.4, 0.5) is 13.2 Å². The Hall–Kier alpha value is -1.11. The summed E-state index contributed by atoms with van der Waals surface area (Å²) in [6.45, 7) is 2.45. The predicted molar refractivity (Wildman–Crippen MR) is 69.6 cm³/mol. The molecule has 0 aromatic heterocycles. The summed E-state index contributed by atoms with van der Waals surface area (Å²) in [7, 11) is 0. The van der Waals surface area contributed by atoms with Gasteiger partial charge in [-0.2, -0.15) is 13.2 Å². The molecule has 0 amide bonds. The van der Waals surface area contributed by atoms with E-state index in [1.54, 1.807) is 0 Å². The zero-order valence-corrected chi connectivity index (χ0v) is 11.3. The second-order valence-electron chi connectivity index (χ2n) is 5.02. The molecule has 2 rings (SSSR count). The van der Waals surface area contributed by atoms with Crippen molar-refractivity contribution in [1.29, 1.82) is 0 Å². The van der Waals surface area contributed by atoms with Crippen molar-refractivity contribution in [2.45, 2.75) is 38.1 Å². The van der Waals surface area contributed by atoms with Gasteiger partial charge in [-0.1, -0.05) is 12.1 Å². The van der Waals surface area contributed by atoms with Gasteiger partial charge in [0.25, 0.3) is 0 Å². The molecule has 112 valence electrons. The molecule has 2 atom stereocenters. The molecule has 1 fully saturated rings. The predicted octanol–water partition coefficient (Wildman–Crippen LogP) is 3.02. The van der Waals surface area contributed by atoms with Gasteiger partial charge in [0.2, 0.25) is 0 Å². The molecule has 1 aromatic rings. The molecule has 3 nitrogen and oxygen atoms in total. The zero-order valence-electron chi connectivity index (χ0n) is 11.3. The van der Waals surface area contributed by atoms with Crippen LogP contribution in [-0.2, 0) is 10.9 Å². The second-order valence-corrected chi connectivity index (χ2v) is 5.02. The van der Waals surface area contributed by atoms with Crippen LogP contribution in [0.2, 0.25) is 0 Å². The highest BCUT2D eigenvalue weighted by Gasteiger charge is 2.38. The topological polar surface area (TPSA) is 47.3 Å². The van der Waals surface area contributed by atoms with E-state index in [1.807, 2.05) is 6.92 Å². The van der Waals surface area contributed by atoms with Gasteiger partial charge in [-0.25, -0.2) is 0 Å². The van der Waals surface area contributed by atoms with Crippen molar-refractivity contribution in [3.8, 4) is 0 Å². The molecular formula is C14H19F3N2O. The van der Waals surface area contributed by atoms with E-state index in [-0.39, 0.29) is 12.1 Å². The SMILES string of the molecule is CCOC(C1CC1)C(NN)c1ccc(C(F)(F)F)cc1. The number of nitrogens with two attached hydrogens (primary N) is 1. The molecule has 0 spiro atoms. The summed E-state index contributed by atoms with van der Waals surface area (Å²) < 4.78 is 43.4. The van der Waals surface area contributed by atoms with Crippen molar-refractivity contribution in [3.05, 3.63) is 35.4 Å². The molecule has 1 aliphatic rings. The molecule has 0 bridgehead atoms. The number of ether oxygens (including phenoxy) is 1. The lowest BCUT2D eigenvalue weighted by Crippen LogP contribution is -2.39. The van der Waals surface area contributed by atoms with Crippen LogP contribution in [0.3, 0.4) is 0 Å². The van der Waals surface area contributed by atoms with E-state index >= 15 is 0 Å². The van der Waals surface area contributed by atoms with E-state index in [0.717, 1.165) is 25.0 Å². The number of halogens is 3. The van der Waals surface area contributed by atoms with Gasteiger partial charge in [-0.3, -0.25) is 11.3 Å². The van der Waals surface area contributed by atoms with Crippen molar-refractivity contribution in [1.82, 2.24) is 5.43 Å². The smallest absolute Gasteiger partial charge is 0.376 e. The molecule has 6 heteroatoms. The third-order valence-electron chi connectivity index (χ3n) is 3.55. The Kier molecular flexibility index (Phi) is 4.67. The van der Waals surface area contributed by atoms with Gasteiger partial charge in [0, 0.05) is 6.61 Å². The van der Waals surface area contributed by atoms with Gasteiger partial charge in [-0.15, -0.1) is 0 Å². The van der Waals surface area contributed by atoms with Crippen LogP contribution in [0.5, 0.6) is 0 Å². The molecule has 1 aromatic carbocycles. The fourth-order valence-electron chi connectivity index (χ4n) is 2.38. The van der Waals surface area contributed by atoms with Crippen molar-refractivity contribution in [3.63, 3.8) is 0 Å². The normalized spacial score (nSPS) is 18.9. The monoisotopic (exact) mass is 288 g/mol. The highest BCUT2D eigenvalue weighted by atomic mass is 19.4. The Morgan fingerprint density at radius 1 is 1.30 bits per heavy atom. The summed E-state index contributed by atoms with van der Waals surface area (Å²) in [5.74, 6) is 6.00. The molecule has 20 heavy (non-hydrogen) atoms. The van der Waals surface area contributed by atoms with Crippen LogP contribution in [0.1, 0.15) is 36.9 Å². The van der Waals surface area contributed by atoms with E-state index in [0.29, 0.717) is 18.1 Å². The van der Waals surface area contributed by atoms with Gasteiger partial charge in [0.05, 0.1) is 17.7 Å². The van der Waals surface area contributed by atoms with Crippen molar-refractivity contribution < 1.29 is 17.9 Å². The first-order valence-electron chi connectivity index (χ1n) is 6.72. The highest BCUT2D eigenvalue weighted by Crippen LogP contribution is 2.40. The molecule has 3 N–H and O–H groups in total. The Labute approximate surface area is 116 Å². The van der Waals surface area contributed by atoms with E-state index in [2.05, 4.69) is 5.43 Å². The van der Waals surface area contributed by atoms with Gasteiger partial charge >= 0.3 is 6.18 Å². The summed E-state index contributed by atoms with van der Waals surface area (Å²) in [6, 6.07) is 4.79. The van der Waals surface area contributed by atoms with Gasteiger partial charge in [0.15, 0.2) is 0 Å². The molecule has 1 aliphatic carbocycles. The first kappa shape index (κ1) is 15.3. The van der Waals surface area contributed by atoms with E-state index in [9.17, 15) is 13.2 Å². The van der Waals surface area contributed by atoms with Crippen molar-refractivity contribution in [2.75, 3.05) is 6.61 Å². The number of benzene rings is 1. The summed E-state index contributed by atoms with van der Waals surface area (Å²) >= 11 is 0. The molecule has 0 saturated heterocycles. The quantitative estimate of drug-likeness (QED) is 0.625. The van der Waals surface area contributed by atoms with Gasteiger partial charge in [0.1, 0.15) is 0 Å². The third kappa shape index (κ3) is 3.50. The van der Waals surface area contributed by atoms with Crippen LogP contribution < -0.4 is 11.3 Å². The van der Waals surface area contributed by atoms with E-state index in [4.69, 9.17) is 10.6 Å². The molecular weight excluding hydrogens is 269 g/mol. The van der Waals surface area contributed by atoms with Gasteiger partial charge < -0.3 is 4.74 Å². The number of hydrogen-bond donors (Lipinski definition) is 2. The summed E-state index contributed by atoms with van der Waals surface area (Å²) in [5, 5.41) is 0. The Morgan fingerprint density at radius 3 is 2.30 bits per heavy atom. The summed E-state index contributed by atoms with van der Waals surface area (Å²) in [6.07, 6.45) is -2.27. The number of alkyl halides is 3. The van der Waals surface area contributed by atoms with Crippen LogP contribution in [0.15, 0.2) is 24.3 Å². The molecule has 2 unspecified atom stereocenters. The lowest BCUT2D eigenvalue weighted by molar-refractivity contribution is -0.137. The Bertz CT molecular complexity index is 429. The first-order chi connectivity index (χ1) is 9.47. The van der Waals surface area contributed by atoms with Crippen molar-refractivity contribution in [2.24, 2.45) is 11.8 Å². The lowest BCUT2D eigenvalue weighted by atomic mass is 9.97. The van der Waals surface area contributed by atoms with Crippen molar-refractivity contribution >= 4 is 0 Å². The molecule has 0 radical (unpaired) electrons. The lowest BCUT2D eigenvalue weighted by Gasteiger charge is -2.27. The number of hydrazine groups is 1. The Balaban J connectivity index is 2.18. The van der Waals surface area contributed by atoms with Gasteiger partial charge in [-0.05, 0) is 43.4 Å². The summed E-state index contributed by atoms with van der Waals surface area (Å²) in [5.41, 5.74) is 2.73. The zero-order chi connectivity index (χ0) is 14.8. The average molecular weight is 288 g/mol. The Morgan fingerprint density at radius 2 is 1.90 bits per heavy atom. The summed E-state index contributed by atoms with van der Waals surface area (Å²) in [4.78, 5) is 0. The fourth-order valence-corrected chi connectivity index (χ4v) is 2.38. The largest absolute Gasteiger partial charge is 0.416 e. The highest BCUT2D eigenvalue weighted by molar-refractivity contribution is 5.27. The molecule has 0 aliphatic heterocycles. The standard InChI is InChI=1S/C14H19F3N2O/c1-2-20-13(10-3-4-10)12(19-18)9-5-7-11(8-6-9)14(15,16)17/h5-8,10,12-13,19H,2-4,18H2,1H3. The van der Waals surface area contributed by atoms with E-state index < -0.39 is 11.7 Å². The number of hydrogen-bond acceptors (Lipinski definition) is 3. The molecule has 0 heterocycles. The minimum absolute atomic E-state index is 0.0956. The maximum absolute atomic E-state index is 12.6. The van der Waals surface area contributed by atoms with Crippen LogP contribution in [-0.4, -0.2) is 12.7 Å². The third-order valence-corrected chi connectivity index (χ3v) is 3.55. The average Bonchev–Trinajstić information content (AvgIpc) is 3.22. The maximum atomic E-state index is 12.6. The second kappa shape index (κ2) is 6.11. The first-order valence-corrected chi connectivity index (χ1v) is 6.72. The number of rotatable bonds is 6. The van der Waals surface area contributed by atoms with Crippen LogP contribution in [0, 0.1) is 5.92 Å². The van der Waals surface area contributed by atoms with Crippen LogP contribution in [0.25, 0.3) is 0 Å². The minimum Gasteiger partial charge on any atom is -0.376 e. The number of nitrogens with one attached hydrogen (secondary N) is 1. The van der Waals surface area contributed by atoms with Crippen LogP contribution >= 0.6 is 0 Å². The van der Waals surface area contributed by atoms with E-state index in [1.165, 1.54) is 12.1 Å².